The molecule has 0 atom stereocenters. The lowest BCUT2D eigenvalue weighted by Gasteiger charge is -2.28. The van der Waals surface area contributed by atoms with Crippen molar-refractivity contribution in [3.63, 3.8) is 0 Å². The number of amides is 1. The van der Waals surface area contributed by atoms with E-state index >= 15 is 0 Å². The molecule has 0 saturated heterocycles. The maximum atomic E-state index is 12.2. The van der Waals surface area contributed by atoms with Gasteiger partial charge in [0.2, 0.25) is 5.91 Å². The quantitative estimate of drug-likeness (QED) is 0.788. The van der Waals surface area contributed by atoms with E-state index in [4.69, 9.17) is 4.74 Å². The summed E-state index contributed by atoms with van der Waals surface area (Å²) in [6.45, 7) is 2.06. The molecule has 1 aromatic carbocycles. The van der Waals surface area contributed by atoms with E-state index in [1.807, 2.05) is 0 Å². The van der Waals surface area contributed by atoms with Crippen LogP contribution in [-0.2, 0) is 11.2 Å². The average molecular weight is 317 g/mol. The molecule has 4 heteroatoms. The standard InChI is InChI=1S/C19H27NO3/c1-3-4-5-14-6-9-16(10-7-14)20-19(22)13-15-8-11-17(21)18(12-15)23-2/h3-4,8,11-12,14,16,21H,5-7,9-10,13H2,1-2H3,(H,20,22). The zero-order valence-electron chi connectivity index (χ0n) is 14.0. The fourth-order valence-corrected chi connectivity index (χ4v) is 3.17. The van der Waals surface area contributed by atoms with Crippen molar-refractivity contribution >= 4 is 5.91 Å². The van der Waals surface area contributed by atoms with E-state index in [9.17, 15) is 9.90 Å². The molecule has 0 aliphatic heterocycles. The summed E-state index contributed by atoms with van der Waals surface area (Å²) in [4.78, 5) is 12.2. The molecule has 0 spiro atoms. The minimum Gasteiger partial charge on any atom is -0.504 e. The largest absolute Gasteiger partial charge is 0.504 e. The number of aromatic hydroxyl groups is 1. The third-order valence-corrected chi connectivity index (χ3v) is 4.53. The van der Waals surface area contributed by atoms with Crippen LogP contribution in [0.25, 0.3) is 0 Å². The van der Waals surface area contributed by atoms with Gasteiger partial charge in [0.25, 0.3) is 0 Å². The summed E-state index contributed by atoms with van der Waals surface area (Å²) in [6.07, 6.45) is 10.3. The zero-order valence-corrected chi connectivity index (χ0v) is 14.0. The van der Waals surface area contributed by atoms with Gasteiger partial charge in [-0.2, -0.15) is 0 Å². The van der Waals surface area contributed by atoms with Crippen LogP contribution in [0.3, 0.4) is 0 Å². The summed E-state index contributed by atoms with van der Waals surface area (Å²) >= 11 is 0. The molecule has 1 aliphatic carbocycles. The molecule has 1 aromatic rings. The maximum Gasteiger partial charge on any atom is 0.224 e. The van der Waals surface area contributed by atoms with E-state index in [2.05, 4.69) is 24.4 Å². The topological polar surface area (TPSA) is 58.6 Å². The van der Waals surface area contributed by atoms with Crippen molar-refractivity contribution in [2.45, 2.75) is 51.5 Å². The smallest absolute Gasteiger partial charge is 0.224 e. The first-order valence-corrected chi connectivity index (χ1v) is 8.38. The van der Waals surface area contributed by atoms with Gasteiger partial charge in [0.15, 0.2) is 11.5 Å². The lowest BCUT2D eigenvalue weighted by Crippen LogP contribution is -2.38. The first kappa shape index (κ1) is 17.4. The van der Waals surface area contributed by atoms with Crippen molar-refractivity contribution in [1.82, 2.24) is 5.32 Å². The van der Waals surface area contributed by atoms with Gasteiger partial charge in [-0.15, -0.1) is 0 Å². The van der Waals surface area contributed by atoms with Crippen molar-refractivity contribution in [3.05, 3.63) is 35.9 Å². The van der Waals surface area contributed by atoms with Gasteiger partial charge in [-0.1, -0.05) is 18.2 Å². The third-order valence-electron chi connectivity index (χ3n) is 4.53. The molecule has 0 radical (unpaired) electrons. The number of carbonyl (C=O) groups is 1. The number of methoxy groups -OCH3 is 1. The number of carbonyl (C=O) groups excluding carboxylic acids is 1. The van der Waals surface area contributed by atoms with Gasteiger partial charge in [0.05, 0.1) is 13.5 Å². The molecular weight excluding hydrogens is 290 g/mol. The molecule has 2 N–H and O–H groups in total. The summed E-state index contributed by atoms with van der Waals surface area (Å²) in [5, 5.41) is 12.7. The molecule has 1 aliphatic rings. The van der Waals surface area contributed by atoms with Crippen molar-refractivity contribution in [3.8, 4) is 11.5 Å². The number of rotatable bonds is 6. The summed E-state index contributed by atoms with van der Waals surface area (Å²) in [5.41, 5.74) is 0.846. The Kier molecular flexibility index (Phi) is 6.51. The van der Waals surface area contributed by atoms with Gasteiger partial charge < -0.3 is 15.2 Å². The maximum absolute atomic E-state index is 12.2. The van der Waals surface area contributed by atoms with Crippen LogP contribution in [0.15, 0.2) is 30.4 Å². The van der Waals surface area contributed by atoms with Crippen molar-refractivity contribution in [1.29, 1.82) is 0 Å². The van der Waals surface area contributed by atoms with Crippen LogP contribution in [0.4, 0.5) is 0 Å². The summed E-state index contributed by atoms with van der Waals surface area (Å²) in [6, 6.07) is 5.32. The predicted octanol–water partition coefficient (Wildman–Crippen LogP) is 3.58. The molecule has 126 valence electrons. The zero-order chi connectivity index (χ0) is 16.7. The van der Waals surface area contributed by atoms with Gasteiger partial charge >= 0.3 is 0 Å². The van der Waals surface area contributed by atoms with Crippen molar-refractivity contribution < 1.29 is 14.6 Å². The second-order valence-electron chi connectivity index (χ2n) is 6.27. The average Bonchev–Trinajstić information content (AvgIpc) is 2.56. The highest BCUT2D eigenvalue weighted by Gasteiger charge is 2.21. The highest BCUT2D eigenvalue weighted by Crippen LogP contribution is 2.28. The number of benzene rings is 1. The third kappa shape index (κ3) is 5.31. The van der Waals surface area contributed by atoms with Gasteiger partial charge in [-0.05, 0) is 62.6 Å². The number of hydrogen-bond donors (Lipinski definition) is 2. The second-order valence-corrected chi connectivity index (χ2v) is 6.27. The summed E-state index contributed by atoms with van der Waals surface area (Å²) in [5.74, 6) is 1.30. The fraction of sp³-hybridized carbons (Fsp3) is 0.526. The number of ether oxygens (including phenoxy) is 1. The molecule has 23 heavy (non-hydrogen) atoms. The molecule has 2 rings (SSSR count). The molecule has 1 saturated carbocycles. The Bertz CT molecular complexity index is 546. The summed E-state index contributed by atoms with van der Waals surface area (Å²) in [7, 11) is 1.51. The Morgan fingerprint density at radius 2 is 2.09 bits per heavy atom. The van der Waals surface area contributed by atoms with Crippen LogP contribution in [0.5, 0.6) is 11.5 Å². The number of nitrogens with one attached hydrogen (secondary N) is 1. The Hall–Kier alpha value is -1.97. The monoisotopic (exact) mass is 317 g/mol. The van der Waals surface area contributed by atoms with E-state index in [0.717, 1.165) is 30.7 Å². The molecule has 0 bridgehead atoms. The second kappa shape index (κ2) is 8.61. The molecule has 0 heterocycles. The molecule has 4 nitrogen and oxygen atoms in total. The van der Waals surface area contributed by atoms with E-state index in [0.29, 0.717) is 18.2 Å². The Balaban J connectivity index is 1.79. The SMILES string of the molecule is CC=CCC1CCC(NC(=O)Cc2ccc(O)c(OC)c2)CC1. The van der Waals surface area contributed by atoms with E-state index < -0.39 is 0 Å². The molecule has 1 fully saturated rings. The lowest BCUT2D eigenvalue weighted by molar-refractivity contribution is -0.121. The predicted molar refractivity (Wildman–Crippen MR) is 91.7 cm³/mol. The van der Waals surface area contributed by atoms with Crippen LogP contribution >= 0.6 is 0 Å². The molecule has 1 amide bonds. The Morgan fingerprint density at radius 3 is 2.74 bits per heavy atom. The van der Waals surface area contributed by atoms with Crippen LogP contribution < -0.4 is 10.1 Å². The fourth-order valence-electron chi connectivity index (χ4n) is 3.17. The molecule has 0 unspecified atom stereocenters. The van der Waals surface area contributed by atoms with Crippen LogP contribution in [0.2, 0.25) is 0 Å². The van der Waals surface area contributed by atoms with Crippen LogP contribution in [0, 0.1) is 5.92 Å². The number of allylic oxidation sites excluding steroid dienone is 2. The van der Waals surface area contributed by atoms with E-state index in [1.165, 1.54) is 20.0 Å². The highest BCUT2D eigenvalue weighted by atomic mass is 16.5. The van der Waals surface area contributed by atoms with Crippen LogP contribution in [0.1, 0.15) is 44.6 Å². The van der Waals surface area contributed by atoms with Gasteiger partial charge in [-0.3, -0.25) is 4.79 Å². The van der Waals surface area contributed by atoms with E-state index in [-0.39, 0.29) is 11.7 Å². The minimum absolute atomic E-state index is 0.0367. The first-order chi connectivity index (χ1) is 11.1. The normalized spacial score (nSPS) is 21.3. The minimum atomic E-state index is 0.0367. The Morgan fingerprint density at radius 1 is 1.35 bits per heavy atom. The van der Waals surface area contributed by atoms with E-state index in [1.54, 1.807) is 18.2 Å². The molecule has 0 aromatic heterocycles. The first-order valence-electron chi connectivity index (χ1n) is 8.38. The lowest BCUT2D eigenvalue weighted by atomic mass is 9.84. The molecular formula is C19H27NO3. The van der Waals surface area contributed by atoms with Gasteiger partial charge in [0, 0.05) is 6.04 Å². The summed E-state index contributed by atoms with van der Waals surface area (Å²) < 4.78 is 5.07. The number of phenols is 1. The number of hydrogen-bond acceptors (Lipinski definition) is 3. The van der Waals surface area contributed by atoms with Crippen LogP contribution in [-0.4, -0.2) is 24.2 Å². The highest BCUT2D eigenvalue weighted by molar-refractivity contribution is 5.79. The van der Waals surface area contributed by atoms with Gasteiger partial charge in [-0.25, -0.2) is 0 Å². The Labute approximate surface area is 138 Å². The van der Waals surface area contributed by atoms with Crippen molar-refractivity contribution in [2.24, 2.45) is 5.92 Å². The van der Waals surface area contributed by atoms with Gasteiger partial charge in [0.1, 0.15) is 0 Å². The number of phenolic OH excluding ortho intramolecular Hbond substituents is 1. The van der Waals surface area contributed by atoms with Crippen molar-refractivity contribution in [2.75, 3.05) is 7.11 Å².